The van der Waals surface area contributed by atoms with Crippen molar-refractivity contribution < 1.29 is 0 Å². The van der Waals surface area contributed by atoms with Crippen LogP contribution in [0.5, 0.6) is 0 Å². The van der Waals surface area contributed by atoms with Crippen LogP contribution in [0, 0.1) is 6.92 Å². The maximum atomic E-state index is 6.30. The van der Waals surface area contributed by atoms with E-state index in [0.29, 0.717) is 11.6 Å². The van der Waals surface area contributed by atoms with Crippen molar-refractivity contribution in [3.8, 4) is 0 Å². The SMILES string of the molecule is CCN(c1ccc(C)cc1)c1ncc(CN)cc1Cl. The molecule has 1 aromatic carbocycles. The molecule has 4 heteroatoms. The lowest BCUT2D eigenvalue weighted by Gasteiger charge is -2.23. The molecule has 0 aliphatic rings. The van der Waals surface area contributed by atoms with Crippen LogP contribution in [0.25, 0.3) is 0 Å². The Bertz CT molecular complexity index is 552. The summed E-state index contributed by atoms with van der Waals surface area (Å²) in [4.78, 5) is 6.52. The lowest BCUT2D eigenvalue weighted by Crippen LogP contribution is -2.18. The van der Waals surface area contributed by atoms with Crippen LogP contribution in [-0.4, -0.2) is 11.5 Å². The number of rotatable bonds is 4. The van der Waals surface area contributed by atoms with Gasteiger partial charge in [-0.05, 0) is 37.6 Å². The molecule has 1 heterocycles. The van der Waals surface area contributed by atoms with Crippen molar-refractivity contribution in [1.82, 2.24) is 4.98 Å². The zero-order valence-corrected chi connectivity index (χ0v) is 12.0. The molecule has 0 radical (unpaired) electrons. The highest BCUT2D eigenvalue weighted by Gasteiger charge is 2.12. The third-order valence-corrected chi connectivity index (χ3v) is 3.31. The van der Waals surface area contributed by atoms with Gasteiger partial charge in [-0.25, -0.2) is 4.98 Å². The molecule has 0 bridgehead atoms. The first-order valence-electron chi connectivity index (χ1n) is 6.34. The van der Waals surface area contributed by atoms with Crippen molar-refractivity contribution in [2.24, 2.45) is 5.73 Å². The summed E-state index contributed by atoms with van der Waals surface area (Å²) in [5.74, 6) is 0.769. The first-order valence-corrected chi connectivity index (χ1v) is 6.72. The van der Waals surface area contributed by atoms with E-state index < -0.39 is 0 Å². The number of nitrogens with two attached hydrogens (primary N) is 1. The van der Waals surface area contributed by atoms with Gasteiger partial charge in [0, 0.05) is 25.0 Å². The number of aryl methyl sites for hydroxylation is 1. The van der Waals surface area contributed by atoms with Gasteiger partial charge >= 0.3 is 0 Å². The van der Waals surface area contributed by atoms with Gasteiger partial charge in [0.1, 0.15) is 0 Å². The molecule has 19 heavy (non-hydrogen) atoms. The summed E-state index contributed by atoms with van der Waals surface area (Å²) in [6, 6.07) is 10.2. The smallest absolute Gasteiger partial charge is 0.151 e. The van der Waals surface area contributed by atoms with E-state index in [4.69, 9.17) is 17.3 Å². The van der Waals surface area contributed by atoms with Gasteiger partial charge in [0.05, 0.1) is 5.02 Å². The quantitative estimate of drug-likeness (QED) is 0.926. The minimum atomic E-state index is 0.448. The fourth-order valence-corrected chi connectivity index (χ4v) is 2.25. The van der Waals surface area contributed by atoms with E-state index in [2.05, 4.69) is 48.0 Å². The Hall–Kier alpha value is -1.58. The molecule has 1 aromatic heterocycles. The number of nitrogens with zero attached hydrogens (tertiary/aromatic N) is 2. The maximum Gasteiger partial charge on any atom is 0.151 e. The van der Waals surface area contributed by atoms with Crippen molar-refractivity contribution in [2.75, 3.05) is 11.4 Å². The molecule has 0 aliphatic carbocycles. The van der Waals surface area contributed by atoms with E-state index in [1.807, 2.05) is 6.07 Å². The largest absolute Gasteiger partial charge is 0.326 e. The molecule has 0 fully saturated rings. The van der Waals surface area contributed by atoms with Crippen molar-refractivity contribution >= 4 is 23.1 Å². The van der Waals surface area contributed by atoms with Gasteiger partial charge in [-0.15, -0.1) is 0 Å². The standard InChI is InChI=1S/C15H18ClN3/c1-3-19(13-6-4-11(2)5-7-13)15-14(16)8-12(9-17)10-18-15/h4-8,10H,3,9,17H2,1-2H3. The van der Waals surface area contributed by atoms with Gasteiger partial charge < -0.3 is 10.6 Å². The Morgan fingerprint density at radius 1 is 1.26 bits per heavy atom. The number of hydrogen-bond acceptors (Lipinski definition) is 3. The first kappa shape index (κ1) is 13.8. The first-order chi connectivity index (χ1) is 9.15. The highest BCUT2D eigenvalue weighted by Crippen LogP contribution is 2.30. The van der Waals surface area contributed by atoms with Crippen molar-refractivity contribution in [3.63, 3.8) is 0 Å². The minimum absolute atomic E-state index is 0.448. The second-order valence-electron chi connectivity index (χ2n) is 4.43. The zero-order chi connectivity index (χ0) is 13.8. The van der Waals surface area contributed by atoms with Crippen LogP contribution in [0.1, 0.15) is 18.1 Å². The Labute approximate surface area is 119 Å². The number of halogens is 1. The number of anilines is 2. The van der Waals surface area contributed by atoms with Crippen LogP contribution < -0.4 is 10.6 Å². The van der Waals surface area contributed by atoms with Crippen molar-refractivity contribution in [3.05, 3.63) is 52.7 Å². The lowest BCUT2D eigenvalue weighted by atomic mass is 10.2. The number of pyridine rings is 1. The molecule has 0 unspecified atom stereocenters. The Morgan fingerprint density at radius 2 is 1.95 bits per heavy atom. The minimum Gasteiger partial charge on any atom is -0.326 e. The van der Waals surface area contributed by atoms with Gasteiger partial charge in [0.25, 0.3) is 0 Å². The third-order valence-electron chi connectivity index (χ3n) is 3.03. The van der Waals surface area contributed by atoms with E-state index in [9.17, 15) is 0 Å². The fourth-order valence-electron chi connectivity index (χ4n) is 1.96. The van der Waals surface area contributed by atoms with Crippen LogP contribution in [0.4, 0.5) is 11.5 Å². The van der Waals surface area contributed by atoms with Crippen LogP contribution in [0.15, 0.2) is 36.5 Å². The normalized spacial score (nSPS) is 10.5. The zero-order valence-electron chi connectivity index (χ0n) is 11.2. The average Bonchev–Trinajstić information content (AvgIpc) is 2.43. The van der Waals surface area contributed by atoms with E-state index in [-0.39, 0.29) is 0 Å². The predicted octanol–water partition coefficient (Wildman–Crippen LogP) is 3.66. The summed E-state index contributed by atoms with van der Waals surface area (Å²) in [5.41, 5.74) is 8.85. The van der Waals surface area contributed by atoms with Gasteiger partial charge in [-0.2, -0.15) is 0 Å². The van der Waals surface area contributed by atoms with Crippen LogP contribution in [0.2, 0.25) is 5.02 Å². The van der Waals surface area contributed by atoms with E-state index >= 15 is 0 Å². The van der Waals surface area contributed by atoms with E-state index in [1.54, 1.807) is 6.20 Å². The second kappa shape index (κ2) is 6.04. The maximum absolute atomic E-state index is 6.30. The monoisotopic (exact) mass is 275 g/mol. The molecule has 0 saturated carbocycles. The summed E-state index contributed by atoms with van der Waals surface area (Å²) in [7, 11) is 0. The number of aromatic nitrogens is 1. The van der Waals surface area contributed by atoms with Crippen molar-refractivity contribution in [2.45, 2.75) is 20.4 Å². The van der Waals surface area contributed by atoms with Crippen LogP contribution in [-0.2, 0) is 6.54 Å². The summed E-state index contributed by atoms with van der Waals surface area (Å²) < 4.78 is 0. The summed E-state index contributed by atoms with van der Waals surface area (Å²) in [6.45, 7) is 5.40. The summed E-state index contributed by atoms with van der Waals surface area (Å²) in [5, 5.41) is 0.630. The molecule has 0 aliphatic heterocycles. The van der Waals surface area contributed by atoms with Gasteiger partial charge in [0.2, 0.25) is 0 Å². The fraction of sp³-hybridized carbons (Fsp3) is 0.267. The van der Waals surface area contributed by atoms with Crippen LogP contribution >= 0.6 is 11.6 Å². The Balaban J connectivity index is 2.39. The second-order valence-corrected chi connectivity index (χ2v) is 4.84. The molecule has 100 valence electrons. The van der Waals surface area contributed by atoms with Gasteiger partial charge in [-0.1, -0.05) is 29.3 Å². The molecule has 0 atom stereocenters. The van der Waals surface area contributed by atoms with Crippen molar-refractivity contribution in [1.29, 1.82) is 0 Å². The molecule has 2 N–H and O–H groups in total. The third kappa shape index (κ3) is 3.06. The van der Waals surface area contributed by atoms with E-state index in [1.165, 1.54) is 5.56 Å². The summed E-state index contributed by atoms with van der Waals surface area (Å²) >= 11 is 6.30. The van der Waals surface area contributed by atoms with E-state index in [0.717, 1.165) is 23.6 Å². The van der Waals surface area contributed by atoms with Gasteiger partial charge in [-0.3, -0.25) is 0 Å². The molecule has 0 spiro atoms. The molecule has 2 rings (SSSR count). The summed E-state index contributed by atoms with van der Waals surface area (Å²) in [6.07, 6.45) is 1.78. The molecular formula is C15H18ClN3. The highest BCUT2D eigenvalue weighted by molar-refractivity contribution is 6.33. The predicted molar refractivity (Wildman–Crippen MR) is 81.0 cm³/mol. The van der Waals surface area contributed by atoms with Gasteiger partial charge in [0.15, 0.2) is 5.82 Å². The Morgan fingerprint density at radius 3 is 2.47 bits per heavy atom. The molecule has 0 amide bonds. The molecular weight excluding hydrogens is 258 g/mol. The Kier molecular flexibility index (Phi) is 4.40. The average molecular weight is 276 g/mol. The lowest BCUT2D eigenvalue weighted by molar-refractivity contribution is 0.974. The number of hydrogen-bond donors (Lipinski definition) is 1. The topological polar surface area (TPSA) is 42.2 Å². The molecule has 2 aromatic rings. The molecule has 3 nitrogen and oxygen atoms in total. The highest BCUT2D eigenvalue weighted by atomic mass is 35.5. The van der Waals surface area contributed by atoms with Crippen LogP contribution in [0.3, 0.4) is 0 Å². The molecule has 0 saturated heterocycles. The number of benzene rings is 1.